The van der Waals surface area contributed by atoms with Gasteiger partial charge in [0.15, 0.2) is 0 Å². The molecule has 0 radical (unpaired) electrons. The third-order valence-corrected chi connectivity index (χ3v) is 5.64. The minimum Gasteiger partial charge on any atom is -0.365 e. The highest BCUT2D eigenvalue weighted by Gasteiger charge is 2.33. The number of anilines is 1. The monoisotopic (exact) mass is 322 g/mol. The number of hydrogen-bond acceptors (Lipinski definition) is 3. The lowest BCUT2D eigenvalue weighted by Crippen LogP contribution is -2.27. The molecule has 0 saturated carbocycles. The predicted molar refractivity (Wildman–Crippen MR) is 91.3 cm³/mol. The highest BCUT2D eigenvalue weighted by atomic mass is 32.1. The Morgan fingerprint density at radius 3 is 2.59 bits per heavy atom. The first-order chi connectivity index (χ1) is 10.2. The van der Waals surface area contributed by atoms with Crippen LogP contribution in [0.4, 0.5) is 5.00 Å². The van der Waals surface area contributed by atoms with Crippen molar-refractivity contribution in [3.63, 3.8) is 0 Å². The summed E-state index contributed by atoms with van der Waals surface area (Å²) in [6.45, 7) is 8.74. The number of rotatable bonds is 4. The summed E-state index contributed by atoms with van der Waals surface area (Å²) in [5.41, 5.74) is 7.42. The number of hydrogen-bond donors (Lipinski definition) is 2. The topological polar surface area (TPSA) is 72.2 Å². The van der Waals surface area contributed by atoms with Gasteiger partial charge in [-0.3, -0.25) is 9.59 Å². The zero-order valence-corrected chi connectivity index (χ0v) is 14.7. The Morgan fingerprint density at radius 2 is 2.05 bits per heavy atom. The zero-order chi connectivity index (χ0) is 16.5. The van der Waals surface area contributed by atoms with Crippen LogP contribution in [0.2, 0.25) is 0 Å². The Hall–Kier alpha value is -1.36. The summed E-state index contributed by atoms with van der Waals surface area (Å²) in [5, 5.41) is 3.53. The molecule has 5 heteroatoms. The number of primary amides is 1. The Kier molecular flexibility index (Phi) is 4.95. The average molecular weight is 322 g/mol. The van der Waals surface area contributed by atoms with Crippen LogP contribution in [0, 0.1) is 11.3 Å². The van der Waals surface area contributed by atoms with Gasteiger partial charge in [0.05, 0.1) is 5.56 Å². The summed E-state index contributed by atoms with van der Waals surface area (Å²) in [6, 6.07) is 0. The maximum Gasteiger partial charge on any atom is 0.251 e. The Balaban J connectivity index is 2.32. The fourth-order valence-corrected chi connectivity index (χ4v) is 4.44. The van der Waals surface area contributed by atoms with Crippen molar-refractivity contribution in [2.24, 2.45) is 17.1 Å². The van der Waals surface area contributed by atoms with Crippen molar-refractivity contribution in [3.8, 4) is 0 Å². The predicted octanol–water partition coefficient (Wildman–Crippen LogP) is 3.74. The van der Waals surface area contributed by atoms with Gasteiger partial charge >= 0.3 is 0 Å². The van der Waals surface area contributed by atoms with Gasteiger partial charge in [-0.25, -0.2) is 0 Å². The SMILES string of the molecule is CCCC(=O)Nc1sc2c(c1C(N)=O)CC[C@H](C(C)(C)C)C2. The number of carbonyl (C=O) groups excluding carboxylic acids is 2. The van der Waals surface area contributed by atoms with Crippen molar-refractivity contribution < 1.29 is 9.59 Å². The molecule has 1 heterocycles. The van der Waals surface area contributed by atoms with Gasteiger partial charge in [0.2, 0.25) is 5.91 Å². The molecule has 0 fully saturated rings. The Bertz CT molecular complexity index is 584. The van der Waals surface area contributed by atoms with Crippen LogP contribution in [0.1, 0.15) is 67.8 Å². The van der Waals surface area contributed by atoms with Crippen LogP contribution >= 0.6 is 11.3 Å². The second kappa shape index (κ2) is 6.41. The minimum absolute atomic E-state index is 0.0454. The fraction of sp³-hybridized carbons (Fsp3) is 0.647. The molecule has 1 atom stereocenters. The van der Waals surface area contributed by atoms with E-state index in [0.29, 0.717) is 22.9 Å². The van der Waals surface area contributed by atoms with Gasteiger partial charge < -0.3 is 11.1 Å². The van der Waals surface area contributed by atoms with Crippen LogP contribution in [0.25, 0.3) is 0 Å². The standard InChI is InChI=1S/C17H26N2O2S/c1-5-6-13(20)19-16-14(15(18)21)11-8-7-10(17(2,3)4)9-12(11)22-16/h10H,5-9H2,1-4H3,(H2,18,21)(H,19,20)/t10-/m0/s1. The lowest BCUT2D eigenvalue weighted by atomic mass is 9.72. The molecule has 1 aliphatic rings. The van der Waals surface area contributed by atoms with E-state index in [0.717, 1.165) is 31.2 Å². The Labute approximate surface area is 136 Å². The van der Waals surface area contributed by atoms with Crippen molar-refractivity contribution in [2.75, 3.05) is 5.32 Å². The number of thiophene rings is 1. The smallest absolute Gasteiger partial charge is 0.251 e. The normalized spacial score (nSPS) is 17.9. The molecule has 2 rings (SSSR count). The highest BCUT2D eigenvalue weighted by Crippen LogP contribution is 2.44. The number of carbonyl (C=O) groups is 2. The largest absolute Gasteiger partial charge is 0.365 e. The van der Waals surface area contributed by atoms with Gasteiger partial charge in [0, 0.05) is 11.3 Å². The quantitative estimate of drug-likeness (QED) is 0.886. The molecule has 3 N–H and O–H groups in total. The third kappa shape index (κ3) is 3.51. The van der Waals surface area contributed by atoms with Crippen LogP contribution in [0.5, 0.6) is 0 Å². The lowest BCUT2D eigenvalue weighted by molar-refractivity contribution is -0.116. The van der Waals surface area contributed by atoms with Crippen molar-refractivity contribution in [3.05, 3.63) is 16.0 Å². The summed E-state index contributed by atoms with van der Waals surface area (Å²) in [5.74, 6) is 0.119. The first kappa shape index (κ1) is 17.0. The second-order valence-electron chi connectivity index (χ2n) is 7.18. The van der Waals surface area contributed by atoms with Gasteiger partial charge in [0.1, 0.15) is 5.00 Å². The summed E-state index contributed by atoms with van der Waals surface area (Å²) >= 11 is 1.53. The van der Waals surface area contributed by atoms with Crippen molar-refractivity contribution in [2.45, 2.75) is 59.8 Å². The first-order valence-electron chi connectivity index (χ1n) is 7.98. The van der Waals surface area contributed by atoms with Crippen LogP contribution in [-0.4, -0.2) is 11.8 Å². The van der Waals surface area contributed by atoms with Crippen LogP contribution in [-0.2, 0) is 17.6 Å². The molecule has 4 nitrogen and oxygen atoms in total. The molecular formula is C17H26N2O2S. The Morgan fingerprint density at radius 1 is 1.36 bits per heavy atom. The third-order valence-electron chi connectivity index (χ3n) is 4.47. The van der Waals surface area contributed by atoms with E-state index in [1.54, 1.807) is 0 Å². The maximum atomic E-state index is 11.9. The minimum atomic E-state index is -0.432. The van der Waals surface area contributed by atoms with Gasteiger partial charge in [-0.15, -0.1) is 11.3 Å². The molecule has 2 amide bonds. The highest BCUT2D eigenvalue weighted by molar-refractivity contribution is 7.17. The first-order valence-corrected chi connectivity index (χ1v) is 8.79. The summed E-state index contributed by atoms with van der Waals surface area (Å²) in [6.07, 6.45) is 4.15. The average Bonchev–Trinajstić information content (AvgIpc) is 2.74. The molecular weight excluding hydrogens is 296 g/mol. The lowest BCUT2D eigenvalue weighted by Gasteiger charge is -2.33. The molecule has 1 aliphatic carbocycles. The molecule has 0 aromatic carbocycles. The van der Waals surface area contributed by atoms with Crippen LogP contribution in [0.3, 0.4) is 0 Å². The maximum absolute atomic E-state index is 11.9. The molecule has 0 saturated heterocycles. The number of amides is 2. The molecule has 0 spiro atoms. The van der Waals surface area contributed by atoms with Gasteiger partial charge in [0.25, 0.3) is 5.91 Å². The number of nitrogens with one attached hydrogen (secondary N) is 1. The van der Waals surface area contributed by atoms with E-state index in [1.807, 2.05) is 6.92 Å². The molecule has 122 valence electrons. The van der Waals surface area contributed by atoms with E-state index in [9.17, 15) is 9.59 Å². The van der Waals surface area contributed by atoms with Crippen LogP contribution < -0.4 is 11.1 Å². The van der Waals surface area contributed by atoms with E-state index >= 15 is 0 Å². The van der Waals surface area contributed by atoms with E-state index in [4.69, 9.17) is 5.73 Å². The van der Waals surface area contributed by atoms with E-state index in [1.165, 1.54) is 16.2 Å². The molecule has 0 aliphatic heterocycles. The molecule has 0 unspecified atom stereocenters. The summed E-state index contributed by atoms with van der Waals surface area (Å²) in [4.78, 5) is 24.9. The molecule has 1 aromatic heterocycles. The van der Waals surface area contributed by atoms with Gasteiger partial charge in [-0.05, 0) is 42.6 Å². The van der Waals surface area contributed by atoms with Crippen molar-refractivity contribution >= 4 is 28.2 Å². The summed E-state index contributed by atoms with van der Waals surface area (Å²) < 4.78 is 0. The molecule has 0 bridgehead atoms. The van der Waals surface area contributed by atoms with Crippen LogP contribution in [0.15, 0.2) is 0 Å². The van der Waals surface area contributed by atoms with Crippen molar-refractivity contribution in [1.82, 2.24) is 0 Å². The summed E-state index contributed by atoms with van der Waals surface area (Å²) in [7, 11) is 0. The zero-order valence-electron chi connectivity index (χ0n) is 13.9. The van der Waals surface area contributed by atoms with E-state index in [-0.39, 0.29) is 11.3 Å². The van der Waals surface area contributed by atoms with Gasteiger partial charge in [-0.2, -0.15) is 0 Å². The fourth-order valence-electron chi connectivity index (χ4n) is 3.09. The second-order valence-corrected chi connectivity index (χ2v) is 8.28. The molecule has 1 aromatic rings. The molecule has 22 heavy (non-hydrogen) atoms. The van der Waals surface area contributed by atoms with E-state index in [2.05, 4.69) is 26.1 Å². The number of fused-ring (bicyclic) bond motifs is 1. The van der Waals surface area contributed by atoms with E-state index < -0.39 is 5.91 Å². The van der Waals surface area contributed by atoms with Gasteiger partial charge in [-0.1, -0.05) is 27.7 Å². The van der Waals surface area contributed by atoms with Crippen molar-refractivity contribution in [1.29, 1.82) is 0 Å². The number of nitrogens with two attached hydrogens (primary N) is 1.